The van der Waals surface area contributed by atoms with Gasteiger partial charge in [-0.1, -0.05) is 31.9 Å². The van der Waals surface area contributed by atoms with Crippen LogP contribution in [-0.2, 0) is 9.53 Å². The second-order valence-corrected chi connectivity index (χ2v) is 9.79. The fourth-order valence-corrected chi connectivity index (χ4v) is 6.34. The van der Waals surface area contributed by atoms with E-state index in [0.717, 1.165) is 19.3 Å². The average molecular weight is 394 g/mol. The summed E-state index contributed by atoms with van der Waals surface area (Å²) in [7, 11) is 0. The quantitative estimate of drug-likeness (QED) is 0.751. The molecule has 0 unspecified atom stereocenters. The second-order valence-electron chi connectivity index (χ2n) is 7.06. The summed E-state index contributed by atoms with van der Waals surface area (Å²) >= 11 is 3.91. The van der Waals surface area contributed by atoms with E-state index in [1.54, 1.807) is 12.1 Å². The number of hydrogen-bond donors (Lipinski definition) is 1. The van der Waals surface area contributed by atoms with Crippen molar-refractivity contribution in [1.82, 2.24) is 5.32 Å². The van der Waals surface area contributed by atoms with E-state index < -0.39 is 5.97 Å². The van der Waals surface area contributed by atoms with Crippen LogP contribution in [0.4, 0.5) is 0 Å². The highest BCUT2D eigenvalue weighted by Gasteiger charge is 2.23. The van der Waals surface area contributed by atoms with Crippen LogP contribution >= 0.6 is 23.5 Å². The van der Waals surface area contributed by atoms with E-state index >= 15 is 0 Å². The van der Waals surface area contributed by atoms with Gasteiger partial charge in [-0.3, -0.25) is 4.79 Å². The second kappa shape index (κ2) is 9.70. The summed E-state index contributed by atoms with van der Waals surface area (Å²) < 4.78 is 5.65. The molecule has 1 aromatic carbocycles. The Balaban J connectivity index is 1.46. The highest BCUT2D eigenvalue weighted by atomic mass is 32.2. The molecule has 1 heterocycles. The van der Waals surface area contributed by atoms with Crippen molar-refractivity contribution in [3.8, 4) is 0 Å². The van der Waals surface area contributed by atoms with Crippen molar-refractivity contribution in [2.45, 2.75) is 49.7 Å². The van der Waals surface area contributed by atoms with Crippen LogP contribution in [0.25, 0.3) is 0 Å². The van der Waals surface area contributed by atoms with Gasteiger partial charge in [0.2, 0.25) is 0 Å². The van der Waals surface area contributed by atoms with Crippen LogP contribution in [-0.4, -0.2) is 36.0 Å². The van der Waals surface area contributed by atoms with E-state index in [1.807, 2.05) is 35.7 Å². The minimum atomic E-state index is -0.438. The zero-order valence-electron chi connectivity index (χ0n) is 15.2. The van der Waals surface area contributed by atoms with Crippen molar-refractivity contribution in [1.29, 1.82) is 0 Å². The molecule has 2 atom stereocenters. The lowest BCUT2D eigenvalue weighted by molar-refractivity contribution is -0.125. The first kappa shape index (κ1) is 19.6. The van der Waals surface area contributed by atoms with Crippen LogP contribution in [0.15, 0.2) is 24.3 Å². The fourth-order valence-electron chi connectivity index (χ4n) is 3.45. The third-order valence-electron chi connectivity index (χ3n) is 5.04. The Hall–Kier alpha value is -1.14. The van der Waals surface area contributed by atoms with E-state index in [1.165, 1.54) is 29.9 Å². The smallest absolute Gasteiger partial charge is 0.338 e. The molecule has 1 aliphatic carbocycles. The molecule has 3 rings (SSSR count). The zero-order valence-corrected chi connectivity index (χ0v) is 16.9. The Morgan fingerprint density at radius 3 is 2.46 bits per heavy atom. The molecule has 6 heteroatoms. The molecule has 0 radical (unpaired) electrons. The Morgan fingerprint density at radius 2 is 1.77 bits per heavy atom. The first-order valence-corrected chi connectivity index (χ1v) is 11.5. The third-order valence-corrected chi connectivity index (χ3v) is 8.05. The van der Waals surface area contributed by atoms with Crippen LogP contribution < -0.4 is 5.32 Å². The lowest BCUT2D eigenvalue weighted by Crippen LogP contribution is -2.42. The molecule has 1 N–H and O–H groups in total. The number of carbonyl (C=O) groups excluding carboxylic acids is 2. The standard InChI is InChI=1S/C20H27NO3S2/c1-14-5-2-3-6-17(14)21-18(22)13-24-19(23)15-7-9-16(10-8-15)20-25-11-4-12-26-20/h7-10,14,17,20H,2-6,11-13H2,1H3,(H,21,22)/t14-,17+/m0/s1. The van der Waals surface area contributed by atoms with Crippen molar-refractivity contribution < 1.29 is 14.3 Å². The molecule has 4 nitrogen and oxygen atoms in total. The van der Waals surface area contributed by atoms with Gasteiger partial charge >= 0.3 is 5.97 Å². The van der Waals surface area contributed by atoms with Crippen molar-refractivity contribution in [2.24, 2.45) is 5.92 Å². The van der Waals surface area contributed by atoms with Crippen LogP contribution in [0.2, 0.25) is 0 Å². The predicted octanol–water partition coefficient (Wildman–Crippen LogP) is 4.41. The fraction of sp³-hybridized carbons (Fsp3) is 0.600. The summed E-state index contributed by atoms with van der Waals surface area (Å²) in [6.45, 7) is 1.96. The third kappa shape index (κ3) is 5.43. The normalized spacial score (nSPS) is 24.0. The largest absolute Gasteiger partial charge is 0.452 e. The highest BCUT2D eigenvalue weighted by molar-refractivity contribution is 8.16. The van der Waals surface area contributed by atoms with Crippen LogP contribution in [0, 0.1) is 5.92 Å². The Kier molecular flexibility index (Phi) is 7.32. The summed E-state index contributed by atoms with van der Waals surface area (Å²) in [4.78, 5) is 24.2. The molecule has 2 aliphatic rings. The SMILES string of the molecule is C[C@H]1CCCC[C@H]1NC(=O)COC(=O)c1ccc(C2SCCCS2)cc1. The first-order chi connectivity index (χ1) is 12.6. The Labute approximate surface area is 164 Å². The minimum Gasteiger partial charge on any atom is -0.452 e. The molecule has 1 aliphatic heterocycles. The lowest BCUT2D eigenvalue weighted by atomic mass is 9.86. The van der Waals surface area contributed by atoms with Gasteiger partial charge < -0.3 is 10.1 Å². The molecule has 142 valence electrons. The maximum Gasteiger partial charge on any atom is 0.338 e. The number of carbonyl (C=O) groups is 2. The Morgan fingerprint density at radius 1 is 1.08 bits per heavy atom. The van der Waals surface area contributed by atoms with Gasteiger partial charge in [-0.15, -0.1) is 23.5 Å². The minimum absolute atomic E-state index is 0.205. The van der Waals surface area contributed by atoms with E-state index in [4.69, 9.17) is 4.74 Å². The van der Waals surface area contributed by atoms with Gasteiger partial charge in [0.15, 0.2) is 6.61 Å². The molecule has 0 spiro atoms. The molecular formula is C20H27NO3S2. The topological polar surface area (TPSA) is 55.4 Å². The summed E-state index contributed by atoms with van der Waals surface area (Å²) in [6.07, 6.45) is 5.81. The summed E-state index contributed by atoms with van der Waals surface area (Å²) in [6, 6.07) is 7.80. The summed E-state index contributed by atoms with van der Waals surface area (Å²) in [5.74, 6) is 2.23. The maximum atomic E-state index is 12.2. The number of rotatable bonds is 5. The van der Waals surface area contributed by atoms with E-state index in [0.29, 0.717) is 16.1 Å². The molecule has 1 saturated heterocycles. The number of thioether (sulfide) groups is 2. The number of nitrogens with one attached hydrogen (secondary N) is 1. The number of esters is 1. The number of amides is 1. The van der Waals surface area contributed by atoms with Gasteiger partial charge in [0.05, 0.1) is 10.1 Å². The highest BCUT2D eigenvalue weighted by Crippen LogP contribution is 2.43. The van der Waals surface area contributed by atoms with E-state index in [9.17, 15) is 9.59 Å². The monoisotopic (exact) mass is 393 g/mol. The van der Waals surface area contributed by atoms with Crippen molar-refractivity contribution in [3.63, 3.8) is 0 Å². The summed E-state index contributed by atoms with van der Waals surface area (Å²) in [5.41, 5.74) is 1.73. The molecule has 1 amide bonds. The van der Waals surface area contributed by atoms with Gasteiger partial charge in [0.1, 0.15) is 0 Å². The van der Waals surface area contributed by atoms with Crippen molar-refractivity contribution >= 4 is 35.4 Å². The number of ether oxygens (including phenoxy) is 1. The first-order valence-electron chi connectivity index (χ1n) is 9.43. The average Bonchev–Trinajstić information content (AvgIpc) is 2.69. The zero-order chi connectivity index (χ0) is 18.4. The summed E-state index contributed by atoms with van der Waals surface area (Å²) in [5, 5.41) is 3.01. The molecule has 1 aromatic rings. The van der Waals surface area contributed by atoms with Gasteiger partial charge in [-0.2, -0.15) is 0 Å². The Bertz CT molecular complexity index is 614. The van der Waals surface area contributed by atoms with Gasteiger partial charge in [0.25, 0.3) is 5.91 Å². The molecule has 0 aromatic heterocycles. The van der Waals surface area contributed by atoms with Gasteiger partial charge in [0, 0.05) is 6.04 Å². The van der Waals surface area contributed by atoms with Crippen molar-refractivity contribution in [2.75, 3.05) is 18.1 Å². The van der Waals surface area contributed by atoms with Crippen LogP contribution in [0.1, 0.15) is 59.5 Å². The van der Waals surface area contributed by atoms with Crippen LogP contribution in [0.3, 0.4) is 0 Å². The van der Waals surface area contributed by atoms with E-state index in [2.05, 4.69) is 12.2 Å². The molecular weight excluding hydrogens is 366 g/mol. The predicted molar refractivity (Wildman–Crippen MR) is 109 cm³/mol. The molecule has 0 bridgehead atoms. The molecule has 2 fully saturated rings. The molecule has 1 saturated carbocycles. The van der Waals surface area contributed by atoms with Crippen LogP contribution in [0.5, 0.6) is 0 Å². The van der Waals surface area contributed by atoms with E-state index in [-0.39, 0.29) is 18.6 Å². The van der Waals surface area contributed by atoms with Gasteiger partial charge in [-0.05, 0) is 54.4 Å². The van der Waals surface area contributed by atoms with Gasteiger partial charge in [-0.25, -0.2) is 4.79 Å². The van der Waals surface area contributed by atoms with Crippen molar-refractivity contribution in [3.05, 3.63) is 35.4 Å². The molecule has 26 heavy (non-hydrogen) atoms. The maximum absolute atomic E-state index is 12.2. The number of hydrogen-bond acceptors (Lipinski definition) is 5. The number of benzene rings is 1. The lowest BCUT2D eigenvalue weighted by Gasteiger charge is -2.29.